The first-order valence-corrected chi connectivity index (χ1v) is 9.65. The zero-order valence-electron chi connectivity index (χ0n) is 15.0. The van der Waals surface area contributed by atoms with E-state index in [0.717, 1.165) is 0 Å². The fraction of sp³-hybridized carbons (Fsp3) is 0.667. The van der Waals surface area contributed by atoms with E-state index < -0.39 is 27.8 Å². The Morgan fingerprint density at radius 1 is 1.42 bits per heavy atom. The Bertz CT molecular complexity index is 606. The third-order valence-corrected chi connectivity index (χ3v) is 5.17. The number of hydrogen-bond donors (Lipinski definition) is 0. The van der Waals surface area contributed by atoms with Gasteiger partial charge in [-0.15, -0.1) is 11.3 Å². The van der Waals surface area contributed by atoms with E-state index in [1.165, 1.54) is 16.2 Å². The molecule has 0 saturated carbocycles. The Morgan fingerprint density at radius 2 is 2.00 bits per heavy atom. The summed E-state index contributed by atoms with van der Waals surface area (Å²) in [6.45, 7) is 11.0. The molecule has 0 spiro atoms. The van der Waals surface area contributed by atoms with E-state index in [4.69, 9.17) is 16.3 Å². The van der Waals surface area contributed by atoms with E-state index in [-0.39, 0.29) is 6.54 Å². The summed E-state index contributed by atoms with van der Waals surface area (Å²) in [5.74, 6) is 0. The molecule has 0 aliphatic carbocycles. The summed E-state index contributed by atoms with van der Waals surface area (Å²) in [6, 6.07) is 0. The lowest BCUT2D eigenvalue weighted by Gasteiger charge is -2.25. The van der Waals surface area contributed by atoms with Crippen LogP contribution in [0, 0.1) is 0 Å². The van der Waals surface area contributed by atoms with Gasteiger partial charge < -0.3 is 14.2 Å². The van der Waals surface area contributed by atoms with Crippen LogP contribution >= 0.6 is 22.9 Å². The Morgan fingerprint density at radius 3 is 2.42 bits per heavy atom. The summed E-state index contributed by atoms with van der Waals surface area (Å²) in [4.78, 5) is 18.2. The van der Waals surface area contributed by atoms with E-state index in [1.807, 2.05) is 20.8 Å². The lowest BCUT2D eigenvalue weighted by Crippen LogP contribution is -2.38. The predicted molar refractivity (Wildman–Crippen MR) is 100 cm³/mol. The van der Waals surface area contributed by atoms with E-state index in [2.05, 4.69) is 9.38 Å². The van der Waals surface area contributed by atoms with Gasteiger partial charge in [-0.25, -0.2) is 9.78 Å². The minimum atomic E-state index is -1.46. The largest absolute Gasteiger partial charge is 0.591 e. The number of likely N-dealkylation sites (N-methyl/N-ethyl adjacent to an activating group) is 1. The van der Waals surface area contributed by atoms with Crippen LogP contribution in [-0.4, -0.2) is 50.2 Å². The molecule has 0 saturated heterocycles. The fourth-order valence-electron chi connectivity index (χ4n) is 1.40. The minimum Gasteiger partial charge on any atom is -0.591 e. The summed E-state index contributed by atoms with van der Waals surface area (Å²) in [5, 5.41) is 0. The van der Waals surface area contributed by atoms with Crippen molar-refractivity contribution < 1.29 is 14.1 Å². The van der Waals surface area contributed by atoms with Crippen molar-refractivity contribution in [2.24, 2.45) is 4.40 Å². The first-order valence-electron chi connectivity index (χ1n) is 7.35. The number of nitrogens with zero attached hydrogens (tertiary/aromatic N) is 3. The van der Waals surface area contributed by atoms with E-state index in [9.17, 15) is 9.35 Å². The predicted octanol–water partition coefficient (Wildman–Crippen LogP) is 3.91. The van der Waals surface area contributed by atoms with Crippen LogP contribution in [-0.2, 0) is 16.1 Å². The topological polar surface area (TPSA) is 77.9 Å². The zero-order valence-corrected chi connectivity index (χ0v) is 17.4. The number of ether oxygens (including phenoxy) is 1. The Balaban J connectivity index is 3.03. The molecule has 0 radical (unpaired) electrons. The summed E-state index contributed by atoms with van der Waals surface area (Å²) in [7, 11) is 1.60. The lowest BCUT2D eigenvalue weighted by atomic mass is 10.2. The maximum atomic E-state index is 12.4. The molecule has 1 aromatic rings. The molecule has 0 aliphatic rings. The van der Waals surface area contributed by atoms with Crippen molar-refractivity contribution in [2.75, 3.05) is 13.6 Å². The van der Waals surface area contributed by atoms with Gasteiger partial charge in [0.15, 0.2) is 4.47 Å². The molecule has 0 N–H and O–H groups in total. The standard InChI is InChI=1S/C15H24ClN3O3S2/c1-14(2,3)22-13(20)19(7)9-10(11-8-17-12(16)23-11)18-24(21)15(4,5)6/h8H,9H2,1-7H3/b18-10-. The highest BCUT2D eigenvalue weighted by atomic mass is 35.5. The molecule has 1 unspecified atom stereocenters. The van der Waals surface area contributed by atoms with E-state index in [1.54, 1.807) is 34.0 Å². The van der Waals surface area contributed by atoms with Crippen molar-refractivity contribution in [3.8, 4) is 0 Å². The van der Waals surface area contributed by atoms with Crippen molar-refractivity contribution in [2.45, 2.75) is 51.9 Å². The number of thiazole rings is 1. The van der Waals surface area contributed by atoms with Gasteiger partial charge in [0.2, 0.25) is 0 Å². The molecule has 1 atom stereocenters. The second-order valence-corrected chi connectivity index (χ2v) is 10.7. The number of hydrogen-bond acceptors (Lipinski definition) is 6. The number of aromatic nitrogens is 1. The average Bonchev–Trinajstić information content (AvgIpc) is 2.81. The summed E-state index contributed by atoms with van der Waals surface area (Å²) in [6.07, 6.45) is 1.08. The van der Waals surface area contributed by atoms with Gasteiger partial charge in [0.05, 0.1) is 11.4 Å². The zero-order chi connectivity index (χ0) is 18.7. The molecular weight excluding hydrogens is 370 g/mol. The van der Waals surface area contributed by atoms with Crippen LogP contribution in [0.1, 0.15) is 46.4 Å². The van der Waals surface area contributed by atoms with Gasteiger partial charge >= 0.3 is 6.09 Å². The molecule has 1 heterocycles. The van der Waals surface area contributed by atoms with Gasteiger partial charge in [-0.2, -0.15) is 0 Å². The molecule has 6 nitrogen and oxygen atoms in total. The second-order valence-electron chi connectivity index (χ2n) is 7.21. The maximum Gasteiger partial charge on any atom is 0.410 e. The highest BCUT2D eigenvalue weighted by Gasteiger charge is 2.29. The Kier molecular flexibility index (Phi) is 7.10. The monoisotopic (exact) mass is 393 g/mol. The van der Waals surface area contributed by atoms with Gasteiger partial charge in [0.1, 0.15) is 27.4 Å². The molecular formula is C15H24ClN3O3S2. The third kappa shape index (κ3) is 6.96. The van der Waals surface area contributed by atoms with E-state index in [0.29, 0.717) is 15.1 Å². The second kappa shape index (κ2) is 8.03. The molecule has 0 aromatic carbocycles. The van der Waals surface area contributed by atoms with Crippen LogP contribution in [0.3, 0.4) is 0 Å². The Hall–Kier alpha value is -0.830. The number of halogens is 1. The van der Waals surface area contributed by atoms with Crippen LogP contribution in [0.15, 0.2) is 10.6 Å². The lowest BCUT2D eigenvalue weighted by molar-refractivity contribution is 0.0324. The third-order valence-electron chi connectivity index (χ3n) is 2.57. The van der Waals surface area contributed by atoms with E-state index >= 15 is 0 Å². The molecule has 24 heavy (non-hydrogen) atoms. The summed E-state index contributed by atoms with van der Waals surface area (Å²) in [5.41, 5.74) is -0.106. The number of carbonyl (C=O) groups is 1. The van der Waals surface area contributed by atoms with Crippen LogP contribution in [0.5, 0.6) is 0 Å². The average molecular weight is 394 g/mol. The quantitative estimate of drug-likeness (QED) is 0.573. The van der Waals surface area contributed by atoms with Crippen LogP contribution < -0.4 is 0 Å². The first-order chi connectivity index (χ1) is 10.8. The van der Waals surface area contributed by atoms with Crippen LogP contribution in [0.25, 0.3) is 0 Å². The smallest absolute Gasteiger partial charge is 0.410 e. The van der Waals surface area contributed by atoms with Crippen molar-refractivity contribution in [1.82, 2.24) is 9.88 Å². The fourth-order valence-corrected chi connectivity index (χ4v) is 3.01. The number of rotatable bonds is 4. The van der Waals surface area contributed by atoms with Crippen molar-refractivity contribution >= 4 is 46.1 Å². The van der Waals surface area contributed by atoms with Crippen LogP contribution in [0.4, 0.5) is 4.79 Å². The molecule has 9 heteroatoms. The molecule has 0 fully saturated rings. The van der Waals surface area contributed by atoms with Gasteiger partial charge in [0, 0.05) is 13.2 Å². The molecule has 1 amide bonds. The van der Waals surface area contributed by atoms with Crippen molar-refractivity contribution in [1.29, 1.82) is 0 Å². The van der Waals surface area contributed by atoms with Gasteiger partial charge in [-0.05, 0) is 41.5 Å². The minimum absolute atomic E-state index is 0.148. The van der Waals surface area contributed by atoms with Gasteiger partial charge in [0.25, 0.3) is 0 Å². The van der Waals surface area contributed by atoms with Gasteiger partial charge in [-0.3, -0.25) is 0 Å². The molecule has 136 valence electrons. The summed E-state index contributed by atoms with van der Waals surface area (Å²) >= 11 is 5.65. The number of carbonyl (C=O) groups excluding carboxylic acids is 1. The van der Waals surface area contributed by atoms with Crippen LogP contribution in [0.2, 0.25) is 4.47 Å². The normalized spacial score (nSPS) is 14.5. The molecule has 0 bridgehead atoms. The number of amides is 1. The van der Waals surface area contributed by atoms with Gasteiger partial charge in [-0.1, -0.05) is 16.0 Å². The first kappa shape index (κ1) is 21.2. The van der Waals surface area contributed by atoms with Crippen molar-refractivity contribution in [3.63, 3.8) is 0 Å². The molecule has 1 aromatic heterocycles. The highest BCUT2D eigenvalue weighted by Crippen LogP contribution is 2.23. The molecule has 1 rings (SSSR count). The Labute approximate surface area is 155 Å². The molecule has 0 aliphatic heterocycles. The maximum absolute atomic E-state index is 12.4. The highest BCUT2D eigenvalue weighted by molar-refractivity contribution is 7.91. The summed E-state index contributed by atoms with van der Waals surface area (Å²) < 4.78 is 21.9. The van der Waals surface area contributed by atoms with Crippen molar-refractivity contribution in [3.05, 3.63) is 15.5 Å². The SMILES string of the molecule is CN(C/C(=N/[S+]([O-])C(C)(C)C)c1cnc(Cl)s1)C(=O)OC(C)(C)C.